The number of carbonyl (C=O) groups excluding carboxylic acids is 3. The number of aromatic nitrogens is 4. The first-order valence-electron chi connectivity index (χ1n) is 25.5. The topological polar surface area (TPSA) is 364 Å². The van der Waals surface area contributed by atoms with Gasteiger partial charge < -0.3 is 50.9 Å². The number of fused-ring (bicyclic) bond motifs is 1. The highest BCUT2D eigenvalue weighted by molar-refractivity contribution is 8.13. The number of nitrogen functional groups attached to an aromatic ring is 1. The number of aliphatic hydroxyl groups excluding tert-OH is 2. The number of unbranched alkanes of at least 4 members (excludes halogenated alkanes) is 15. The first-order chi connectivity index (χ1) is 34.4. The highest BCUT2D eigenvalue weighted by atomic mass is 32.2. The van der Waals surface area contributed by atoms with Gasteiger partial charge in [0.15, 0.2) is 22.8 Å². The molecule has 1 aliphatic rings. The lowest BCUT2D eigenvalue weighted by Crippen LogP contribution is -2.46. The summed E-state index contributed by atoms with van der Waals surface area (Å²) < 4.78 is 62.5. The second kappa shape index (κ2) is 33.0. The fourth-order valence-corrected chi connectivity index (χ4v) is 11.8. The number of carbonyl (C=O) groups is 3. The zero-order valence-corrected chi connectivity index (χ0v) is 46.3. The molecule has 0 radical (unpaired) electrons. The molecule has 3 heterocycles. The Bertz CT molecular complexity index is 2120. The monoisotopic (exact) mass is 1120 g/mol. The van der Waals surface area contributed by atoms with Crippen molar-refractivity contribution < 1.29 is 80.5 Å². The van der Waals surface area contributed by atoms with Crippen LogP contribution in [0.4, 0.5) is 5.82 Å². The van der Waals surface area contributed by atoms with Crippen LogP contribution in [0, 0.1) is 11.3 Å². The van der Waals surface area contributed by atoms with Crippen LogP contribution in [0.25, 0.3) is 11.2 Å². The Labute approximate surface area is 433 Å². The Morgan fingerprint density at radius 2 is 1.40 bits per heavy atom. The van der Waals surface area contributed by atoms with Crippen LogP contribution < -0.4 is 16.4 Å². The molecule has 0 aromatic carbocycles. The fraction of sp³-hybridized carbons (Fsp3) is 0.822. The molecule has 73 heavy (non-hydrogen) atoms. The standard InChI is InChI=1S/C45H82N7O17P3S/c1-5-22-33(2)23-20-18-16-14-12-10-8-6-7-9-11-13-15-17-19-21-24-36(54)73-28-27-47-35(53)25-26-48-43(57)40(56)45(3,4)30-66-72(63,64)69-71(61,62)65-29-34-39(68-70(58,59)60)38(55)44(67-34)52-32-51-37-41(46)49-31-50-42(37)52/h31-34,38-40,44,55-56H,5-30H2,1-4H3,(H,47,53)(H,48,57)(H,61,62)(H,63,64)(H2,46,49,50)(H2,58,59,60). The van der Waals surface area contributed by atoms with E-state index in [0.29, 0.717) is 12.2 Å². The van der Waals surface area contributed by atoms with E-state index in [-0.39, 0.29) is 41.6 Å². The van der Waals surface area contributed by atoms with Crippen LogP contribution in [0.1, 0.15) is 169 Å². The third-order valence-corrected chi connectivity index (χ3v) is 16.4. The lowest BCUT2D eigenvalue weighted by atomic mass is 9.87. The smallest absolute Gasteiger partial charge is 0.386 e. The van der Waals surface area contributed by atoms with E-state index in [9.17, 15) is 57.9 Å². The summed E-state index contributed by atoms with van der Waals surface area (Å²) in [4.78, 5) is 88.6. The summed E-state index contributed by atoms with van der Waals surface area (Å²) in [5, 5.41) is 26.7. The highest BCUT2D eigenvalue weighted by Gasteiger charge is 2.50. The molecule has 420 valence electrons. The Hall–Kier alpha value is -2.44. The van der Waals surface area contributed by atoms with Gasteiger partial charge in [0.25, 0.3) is 0 Å². The van der Waals surface area contributed by atoms with E-state index >= 15 is 0 Å². The zero-order valence-electron chi connectivity index (χ0n) is 42.8. The molecule has 0 aliphatic carbocycles. The minimum Gasteiger partial charge on any atom is -0.386 e. The van der Waals surface area contributed by atoms with Crippen LogP contribution in [0.3, 0.4) is 0 Å². The fourth-order valence-electron chi connectivity index (χ4n) is 8.24. The number of imidazole rings is 1. The third kappa shape index (κ3) is 25.5. The van der Waals surface area contributed by atoms with Gasteiger partial charge in [-0.1, -0.05) is 155 Å². The summed E-state index contributed by atoms with van der Waals surface area (Å²) in [6.07, 6.45) is 18.0. The largest absolute Gasteiger partial charge is 0.481 e. The molecule has 24 nitrogen and oxygen atoms in total. The molecule has 0 bridgehead atoms. The maximum absolute atomic E-state index is 12.8. The molecule has 8 atom stereocenters. The van der Waals surface area contributed by atoms with Crippen LogP contribution >= 0.6 is 35.2 Å². The first kappa shape index (κ1) is 64.8. The average Bonchev–Trinajstić information content (AvgIpc) is 3.88. The summed E-state index contributed by atoms with van der Waals surface area (Å²) in [5.41, 5.74) is 4.30. The van der Waals surface area contributed by atoms with Gasteiger partial charge in [-0.05, 0) is 12.3 Å². The number of nitrogens with zero attached hydrogens (tertiary/aromatic N) is 4. The van der Waals surface area contributed by atoms with Crippen molar-refractivity contribution in [2.45, 2.75) is 193 Å². The van der Waals surface area contributed by atoms with E-state index < -0.39 is 84.6 Å². The number of aliphatic hydroxyl groups is 2. The van der Waals surface area contributed by atoms with Crippen LogP contribution in [0.5, 0.6) is 0 Å². The van der Waals surface area contributed by atoms with E-state index in [1.807, 2.05) is 0 Å². The number of thioether (sulfide) groups is 1. The minimum absolute atomic E-state index is 0.0344. The first-order valence-corrected chi connectivity index (χ1v) is 31.0. The number of anilines is 1. The quantitative estimate of drug-likeness (QED) is 0.0237. The predicted octanol–water partition coefficient (Wildman–Crippen LogP) is 7.12. The summed E-state index contributed by atoms with van der Waals surface area (Å²) in [6.45, 7) is 5.24. The normalized spacial score (nSPS) is 19.9. The van der Waals surface area contributed by atoms with Gasteiger partial charge in [-0.2, -0.15) is 4.31 Å². The molecule has 2 aromatic rings. The van der Waals surface area contributed by atoms with E-state index in [2.05, 4.69) is 48.3 Å². The molecule has 1 fully saturated rings. The Morgan fingerprint density at radius 1 is 0.822 bits per heavy atom. The number of hydrogen-bond donors (Lipinski definition) is 9. The summed E-state index contributed by atoms with van der Waals surface area (Å²) in [5.74, 6) is -0.128. The number of hydrogen-bond acceptors (Lipinski definition) is 18. The lowest BCUT2D eigenvalue weighted by molar-refractivity contribution is -0.137. The van der Waals surface area contributed by atoms with Crippen LogP contribution in [-0.2, 0) is 50.7 Å². The molecule has 3 rings (SSSR count). The van der Waals surface area contributed by atoms with E-state index in [1.165, 1.54) is 117 Å². The predicted molar refractivity (Wildman–Crippen MR) is 274 cm³/mol. The number of phosphoric ester groups is 3. The van der Waals surface area contributed by atoms with E-state index in [0.717, 1.165) is 54.2 Å². The molecule has 8 unspecified atom stereocenters. The summed E-state index contributed by atoms with van der Waals surface area (Å²) in [6, 6.07) is 0. The maximum Gasteiger partial charge on any atom is 0.481 e. The van der Waals surface area contributed by atoms with Gasteiger partial charge >= 0.3 is 23.5 Å². The maximum atomic E-state index is 12.8. The van der Waals surface area contributed by atoms with Crippen LogP contribution in [0.15, 0.2) is 12.7 Å². The molecule has 10 N–H and O–H groups in total. The van der Waals surface area contributed by atoms with Gasteiger partial charge in [0.05, 0.1) is 19.5 Å². The van der Waals surface area contributed by atoms with Crippen molar-refractivity contribution >= 4 is 69.1 Å². The molecule has 1 saturated heterocycles. The molecule has 1 aliphatic heterocycles. The second-order valence-electron chi connectivity index (χ2n) is 19.4. The average molecular weight is 1120 g/mol. The minimum atomic E-state index is -5.58. The van der Waals surface area contributed by atoms with Crippen molar-refractivity contribution in [3.63, 3.8) is 0 Å². The Balaban J connectivity index is 1.22. The molecular formula is C45H82N7O17P3S. The van der Waals surface area contributed by atoms with E-state index in [4.69, 9.17) is 19.5 Å². The van der Waals surface area contributed by atoms with Gasteiger partial charge in [-0.25, -0.2) is 28.6 Å². The summed E-state index contributed by atoms with van der Waals surface area (Å²) in [7, 11) is -16.4. The summed E-state index contributed by atoms with van der Waals surface area (Å²) >= 11 is 1.16. The number of amides is 2. The van der Waals surface area contributed by atoms with Crippen molar-refractivity contribution in [1.29, 1.82) is 0 Å². The van der Waals surface area contributed by atoms with Crippen molar-refractivity contribution in [1.82, 2.24) is 30.2 Å². The number of phosphoric acid groups is 3. The molecule has 0 saturated carbocycles. The van der Waals surface area contributed by atoms with Gasteiger partial charge in [-0.15, -0.1) is 0 Å². The number of rotatable bonds is 40. The zero-order chi connectivity index (χ0) is 54.1. The van der Waals surface area contributed by atoms with Crippen LogP contribution in [-0.4, -0.2) is 123 Å². The molecule has 28 heteroatoms. The SMILES string of the molecule is CCCC(C)CCCCCCCCCCCCCCCCCCC(=O)SCCNC(=O)CCNC(=O)C(O)C(C)(C)COP(=O)(O)OP(=O)(O)OCC1OC(n2cnc3c(N)ncnc32)C(O)C1OP(=O)(O)O. The Kier molecular flexibility index (Phi) is 29.3. The van der Waals surface area contributed by atoms with Crippen molar-refractivity contribution in [2.75, 3.05) is 37.8 Å². The number of ether oxygens (including phenoxy) is 1. The molecule has 2 amide bonds. The second-order valence-corrected chi connectivity index (χ2v) is 24.8. The van der Waals surface area contributed by atoms with Crippen molar-refractivity contribution in [2.24, 2.45) is 11.3 Å². The highest BCUT2D eigenvalue weighted by Crippen LogP contribution is 2.61. The molecule has 2 aromatic heterocycles. The molecular weight excluding hydrogens is 1040 g/mol. The number of nitrogens with one attached hydrogen (secondary N) is 2. The Morgan fingerprint density at radius 3 is 1.99 bits per heavy atom. The van der Waals surface area contributed by atoms with Gasteiger partial charge in [0.1, 0.15) is 36.3 Å². The van der Waals surface area contributed by atoms with Crippen LogP contribution in [0.2, 0.25) is 0 Å². The molecule has 0 spiro atoms. The van der Waals surface area contributed by atoms with Gasteiger partial charge in [-0.3, -0.25) is 32.5 Å². The van der Waals surface area contributed by atoms with Crippen molar-refractivity contribution in [3.8, 4) is 0 Å². The van der Waals surface area contributed by atoms with E-state index in [1.54, 1.807) is 0 Å². The van der Waals surface area contributed by atoms with Gasteiger partial charge in [0, 0.05) is 37.1 Å². The van der Waals surface area contributed by atoms with Gasteiger partial charge in [0.2, 0.25) is 11.8 Å². The third-order valence-electron chi connectivity index (χ3n) is 12.4. The number of nitrogens with two attached hydrogens (primary N) is 1. The van der Waals surface area contributed by atoms with Crippen molar-refractivity contribution in [3.05, 3.63) is 12.7 Å². The lowest BCUT2D eigenvalue weighted by Gasteiger charge is -2.30.